The molecular formula is C29H37N7O2S2. The maximum absolute atomic E-state index is 12.1. The van der Waals surface area contributed by atoms with Crippen LogP contribution < -0.4 is 15.4 Å². The van der Waals surface area contributed by atoms with Crippen LogP contribution in [0.25, 0.3) is 0 Å². The third kappa shape index (κ3) is 7.06. The highest BCUT2D eigenvalue weighted by molar-refractivity contribution is 7.97. The van der Waals surface area contributed by atoms with Gasteiger partial charge in [-0.25, -0.2) is 22.8 Å². The highest BCUT2D eigenvalue weighted by Crippen LogP contribution is 2.32. The van der Waals surface area contributed by atoms with E-state index in [4.69, 9.17) is 10.1 Å². The van der Waals surface area contributed by atoms with E-state index in [9.17, 15) is 13.7 Å². The molecule has 0 bridgehead atoms. The summed E-state index contributed by atoms with van der Waals surface area (Å²) in [5.74, 6) is 0.899. The van der Waals surface area contributed by atoms with E-state index in [-0.39, 0.29) is 10.9 Å². The molecule has 2 aliphatic heterocycles. The highest BCUT2D eigenvalue weighted by Gasteiger charge is 2.25. The molecule has 212 valence electrons. The monoisotopic (exact) mass is 579 g/mol. The van der Waals surface area contributed by atoms with Crippen LogP contribution in [0.5, 0.6) is 0 Å². The Morgan fingerprint density at radius 1 is 1.15 bits per heavy atom. The van der Waals surface area contributed by atoms with Crippen LogP contribution >= 0.6 is 11.9 Å². The zero-order valence-electron chi connectivity index (χ0n) is 23.1. The molecule has 1 aromatic heterocycles. The number of likely N-dealkylation sites (tertiary alicyclic amines) is 1. The summed E-state index contributed by atoms with van der Waals surface area (Å²) in [6.07, 6.45) is 5.40. The van der Waals surface area contributed by atoms with Gasteiger partial charge in [0.1, 0.15) is 21.8 Å². The molecule has 2 saturated heterocycles. The Morgan fingerprint density at radius 3 is 2.45 bits per heavy atom. The molecule has 2 fully saturated rings. The number of nitrogens with one attached hydrogen (secondary N) is 1. The summed E-state index contributed by atoms with van der Waals surface area (Å²) in [5.41, 5.74) is 4.18. The van der Waals surface area contributed by atoms with Crippen molar-refractivity contribution in [2.75, 3.05) is 49.5 Å². The van der Waals surface area contributed by atoms with Gasteiger partial charge < -0.3 is 15.1 Å². The number of allylic oxidation sites excluding steroid dienone is 3. The topological polar surface area (TPSA) is 119 Å². The molecule has 1 aromatic carbocycles. The smallest absolute Gasteiger partial charge is 0.240 e. The maximum Gasteiger partial charge on any atom is 0.240 e. The van der Waals surface area contributed by atoms with Crippen molar-refractivity contribution in [3.8, 4) is 6.07 Å². The molecule has 0 radical (unpaired) electrons. The standard InChI is InChI=1S/C29H37N7O2S2/c1-5-8-25(23(4)20-30)34-13-11-24(12-14-34)32-28-21(2)19-22(3)29(33-28)39-36-17-15-35(16-18-36)26-9-6-7-10-27(26)40(31,37)38/h5-10,19,24H,1,4,11-18H2,2-3H3,(H,32,33)(H2,31,37,38)/b25-8+. The fourth-order valence-corrected chi connectivity index (χ4v) is 6.78. The Kier molecular flexibility index (Phi) is 9.58. The molecule has 3 N–H and O–H groups in total. The predicted octanol–water partition coefficient (Wildman–Crippen LogP) is 4.20. The van der Waals surface area contributed by atoms with Gasteiger partial charge in [-0.05, 0) is 74.0 Å². The van der Waals surface area contributed by atoms with Crippen LogP contribution in [0.3, 0.4) is 0 Å². The van der Waals surface area contributed by atoms with E-state index in [0.717, 1.165) is 66.7 Å². The van der Waals surface area contributed by atoms with Gasteiger partial charge >= 0.3 is 0 Å². The lowest BCUT2D eigenvalue weighted by atomic mass is 10.0. The van der Waals surface area contributed by atoms with Gasteiger partial charge in [0, 0.05) is 45.3 Å². The molecule has 0 saturated carbocycles. The number of nitrogens with zero attached hydrogens (tertiary/aromatic N) is 5. The Balaban J connectivity index is 1.37. The molecule has 0 atom stereocenters. The SMILES string of the molecule is C=C/C=C(\C(=C)C#N)N1CCC(Nc2nc(SN3CCN(c4ccccc4S(N)(=O)=O)CC3)c(C)cc2C)CC1. The minimum Gasteiger partial charge on any atom is -0.370 e. The van der Waals surface area contributed by atoms with Crippen LogP contribution in [0, 0.1) is 25.2 Å². The average molecular weight is 580 g/mol. The van der Waals surface area contributed by atoms with Crippen molar-refractivity contribution in [3.63, 3.8) is 0 Å². The molecule has 0 aliphatic carbocycles. The van der Waals surface area contributed by atoms with Gasteiger partial charge in [-0.15, -0.1) is 0 Å². The first kappa shape index (κ1) is 29.7. The largest absolute Gasteiger partial charge is 0.370 e. The summed E-state index contributed by atoms with van der Waals surface area (Å²) in [7, 11) is -3.79. The molecule has 3 heterocycles. The van der Waals surface area contributed by atoms with Crippen molar-refractivity contribution in [2.45, 2.75) is 42.7 Å². The van der Waals surface area contributed by atoms with E-state index < -0.39 is 10.0 Å². The van der Waals surface area contributed by atoms with Crippen LogP contribution in [0.1, 0.15) is 24.0 Å². The minimum atomic E-state index is -3.79. The van der Waals surface area contributed by atoms with Crippen LogP contribution in [0.15, 0.2) is 76.8 Å². The second-order valence-electron chi connectivity index (χ2n) is 10.1. The number of hydrogen-bond acceptors (Lipinski definition) is 9. The predicted molar refractivity (Wildman–Crippen MR) is 162 cm³/mol. The normalized spacial score (nSPS) is 17.4. The van der Waals surface area contributed by atoms with Gasteiger partial charge in [0.15, 0.2) is 0 Å². The number of primary sulfonamides is 1. The number of piperazine rings is 1. The molecule has 4 rings (SSSR count). The number of para-hydroxylation sites is 1. The second-order valence-corrected chi connectivity index (χ2v) is 12.7. The molecule has 0 spiro atoms. The quantitative estimate of drug-likeness (QED) is 0.256. The van der Waals surface area contributed by atoms with Crippen molar-refractivity contribution in [3.05, 3.63) is 78.0 Å². The number of pyridine rings is 1. The number of rotatable bonds is 9. The Hall–Kier alpha value is -3.30. The zero-order chi connectivity index (χ0) is 28.9. The van der Waals surface area contributed by atoms with E-state index in [1.165, 1.54) is 0 Å². The van der Waals surface area contributed by atoms with Gasteiger partial charge in [0.2, 0.25) is 10.0 Å². The van der Waals surface area contributed by atoms with Crippen molar-refractivity contribution in [2.24, 2.45) is 5.14 Å². The average Bonchev–Trinajstić information content (AvgIpc) is 2.94. The van der Waals surface area contributed by atoms with Gasteiger partial charge in [-0.2, -0.15) is 5.26 Å². The van der Waals surface area contributed by atoms with Crippen molar-refractivity contribution in [1.82, 2.24) is 14.2 Å². The fourth-order valence-electron chi connectivity index (χ4n) is 5.10. The number of nitrogens with two attached hydrogens (primary N) is 1. The molecule has 9 nitrogen and oxygen atoms in total. The van der Waals surface area contributed by atoms with E-state index in [1.807, 2.05) is 18.2 Å². The summed E-state index contributed by atoms with van der Waals surface area (Å²) in [6.45, 7) is 16.4. The van der Waals surface area contributed by atoms with E-state index >= 15 is 0 Å². The summed E-state index contributed by atoms with van der Waals surface area (Å²) < 4.78 is 26.4. The molecule has 0 unspecified atom stereocenters. The minimum absolute atomic E-state index is 0.164. The first-order valence-electron chi connectivity index (χ1n) is 13.3. The highest BCUT2D eigenvalue weighted by atomic mass is 32.2. The third-order valence-electron chi connectivity index (χ3n) is 7.22. The van der Waals surface area contributed by atoms with Crippen molar-refractivity contribution >= 4 is 33.5 Å². The number of sulfonamides is 1. The number of benzene rings is 1. The summed E-state index contributed by atoms with van der Waals surface area (Å²) >= 11 is 1.65. The Morgan fingerprint density at radius 2 is 1.82 bits per heavy atom. The number of piperidine rings is 1. The molecule has 40 heavy (non-hydrogen) atoms. The van der Waals surface area contributed by atoms with Gasteiger partial charge in [-0.3, -0.25) is 0 Å². The summed E-state index contributed by atoms with van der Waals surface area (Å²) in [5, 5.41) is 19.4. The lowest BCUT2D eigenvalue weighted by Gasteiger charge is -2.36. The van der Waals surface area contributed by atoms with E-state index in [1.54, 1.807) is 30.2 Å². The Labute approximate surface area is 242 Å². The lowest BCUT2D eigenvalue weighted by molar-refractivity contribution is 0.277. The number of hydrogen-bond donors (Lipinski definition) is 2. The lowest BCUT2D eigenvalue weighted by Crippen LogP contribution is -2.44. The van der Waals surface area contributed by atoms with Crippen LogP contribution in [0.2, 0.25) is 0 Å². The van der Waals surface area contributed by atoms with Crippen LogP contribution in [0.4, 0.5) is 11.5 Å². The van der Waals surface area contributed by atoms with Crippen LogP contribution in [-0.2, 0) is 10.0 Å². The fraction of sp³-hybridized carbons (Fsp3) is 0.379. The summed E-state index contributed by atoms with van der Waals surface area (Å²) in [6, 6.07) is 11.5. The van der Waals surface area contributed by atoms with Crippen LogP contribution in [-0.4, -0.2) is 67.9 Å². The second kappa shape index (κ2) is 12.9. The van der Waals surface area contributed by atoms with E-state index in [0.29, 0.717) is 24.4 Å². The van der Waals surface area contributed by atoms with Gasteiger partial charge in [0.05, 0.1) is 17.0 Å². The van der Waals surface area contributed by atoms with Gasteiger partial charge in [-0.1, -0.05) is 31.4 Å². The number of aryl methyl sites for hydroxylation is 2. The van der Waals surface area contributed by atoms with Gasteiger partial charge in [0.25, 0.3) is 0 Å². The van der Waals surface area contributed by atoms with E-state index in [2.05, 4.69) is 58.6 Å². The first-order valence-corrected chi connectivity index (χ1v) is 15.6. The Bertz CT molecular complexity index is 1430. The first-order chi connectivity index (χ1) is 19.1. The number of anilines is 2. The molecule has 0 amide bonds. The maximum atomic E-state index is 12.1. The third-order valence-corrected chi connectivity index (χ3v) is 9.39. The molecule has 11 heteroatoms. The molecule has 2 aromatic rings. The van der Waals surface area contributed by atoms with Crippen molar-refractivity contribution < 1.29 is 8.42 Å². The molecule has 2 aliphatic rings. The van der Waals surface area contributed by atoms with Crippen molar-refractivity contribution in [1.29, 1.82) is 5.26 Å². The number of aromatic nitrogens is 1. The summed E-state index contributed by atoms with van der Waals surface area (Å²) in [4.78, 5) is 9.45. The zero-order valence-corrected chi connectivity index (χ0v) is 24.8. The molecular weight excluding hydrogens is 543 g/mol. The number of nitriles is 1.